The maximum Gasteiger partial charge on any atom is 0.221 e. The molecule has 0 aliphatic rings. The van der Waals surface area contributed by atoms with E-state index in [1.165, 1.54) is 25.0 Å². The summed E-state index contributed by atoms with van der Waals surface area (Å²) in [6.07, 6.45) is 0. The molecule has 2 amide bonds. The molecule has 37 heavy (non-hydrogen) atoms. The Balaban J connectivity index is 1.74. The minimum Gasteiger partial charge on any atom is -0.326 e. The highest BCUT2D eigenvalue weighted by atomic mass is 32.1. The van der Waals surface area contributed by atoms with Crippen LogP contribution < -0.4 is 10.6 Å². The van der Waals surface area contributed by atoms with Crippen LogP contribution in [0.3, 0.4) is 0 Å². The lowest BCUT2D eigenvalue weighted by Gasteiger charge is -2.11. The van der Waals surface area contributed by atoms with Gasteiger partial charge in [-0.05, 0) is 46.5 Å². The number of anilines is 2. The summed E-state index contributed by atoms with van der Waals surface area (Å²) in [7, 11) is 0. The Kier molecular flexibility index (Phi) is 6.97. The van der Waals surface area contributed by atoms with E-state index in [2.05, 4.69) is 83.4 Å². The first kappa shape index (κ1) is 24.2. The van der Waals surface area contributed by atoms with E-state index in [0.717, 1.165) is 43.4 Å². The largest absolute Gasteiger partial charge is 0.326 e. The Morgan fingerprint density at radius 3 is 1.16 bits per heavy atom. The number of carbonyl (C=O) groups is 2. The van der Waals surface area contributed by atoms with Crippen LogP contribution in [0.15, 0.2) is 109 Å². The smallest absolute Gasteiger partial charge is 0.221 e. The van der Waals surface area contributed by atoms with E-state index in [1.54, 1.807) is 11.3 Å². The quantitative estimate of drug-likeness (QED) is 0.245. The minimum absolute atomic E-state index is 0.0924. The second-order valence-corrected chi connectivity index (χ2v) is 9.78. The van der Waals surface area contributed by atoms with Crippen LogP contribution in [0.4, 0.5) is 11.4 Å². The fourth-order valence-electron chi connectivity index (χ4n) is 4.41. The van der Waals surface area contributed by atoms with Gasteiger partial charge in [-0.3, -0.25) is 9.59 Å². The monoisotopic (exact) mass is 502 g/mol. The average molecular weight is 503 g/mol. The van der Waals surface area contributed by atoms with E-state index in [0.29, 0.717) is 0 Å². The number of hydrogen-bond acceptors (Lipinski definition) is 3. The summed E-state index contributed by atoms with van der Waals surface area (Å²) in [5, 5.41) is 5.70. The van der Waals surface area contributed by atoms with Crippen molar-refractivity contribution in [2.24, 2.45) is 0 Å². The first-order valence-electron chi connectivity index (χ1n) is 12.0. The van der Waals surface area contributed by atoms with Crippen LogP contribution >= 0.6 is 11.3 Å². The first-order chi connectivity index (χ1) is 18.0. The Bertz CT molecular complexity index is 1420. The molecule has 0 saturated heterocycles. The van der Waals surface area contributed by atoms with E-state index in [-0.39, 0.29) is 11.8 Å². The second kappa shape index (κ2) is 10.6. The number of amides is 2. The molecule has 0 atom stereocenters. The van der Waals surface area contributed by atoms with Gasteiger partial charge in [-0.25, -0.2) is 0 Å². The first-order valence-corrected chi connectivity index (χ1v) is 12.8. The Hall–Kier alpha value is -4.48. The molecule has 4 aromatic carbocycles. The van der Waals surface area contributed by atoms with Crippen LogP contribution in [0.2, 0.25) is 0 Å². The predicted molar refractivity (Wildman–Crippen MR) is 155 cm³/mol. The van der Waals surface area contributed by atoms with Crippen molar-refractivity contribution in [1.29, 1.82) is 0 Å². The zero-order valence-electron chi connectivity index (χ0n) is 20.6. The van der Waals surface area contributed by atoms with Gasteiger partial charge >= 0.3 is 0 Å². The van der Waals surface area contributed by atoms with Crippen molar-refractivity contribution in [3.8, 4) is 43.1 Å². The summed E-state index contributed by atoms with van der Waals surface area (Å²) < 4.78 is 0. The standard InChI is InChI=1S/C32H26N2O2S/c1-21(35)33-27-17-13-25(14-18-27)31-29(23-9-5-3-6-10-23)30(24-11-7-4-8-12-24)32(37-31)26-15-19-28(20-16-26)34-22(2)36/h3-20H,1-2H3,(H,33,35)(H,34,36). The predicted octanol–water partition coefficient (Wildman–Crippen LogP) is 8.33. The van der Waals surface area contributed by atoms with Crippen molar-refractivity contribution < 1.29 is 9.59 Å². The molecule has 0 unspecified atom stereocenters. The summed E-state index contributed by atoms with van der Waals surface area (Å²) in [6.45, 7) is 3.02. The molecule has 0 fully saturated rings. The molecule has 0 aliphatic carbocycles. The fourth-order valence-corrected chi connectivity index (χ4v) is 5.77. The van der Waals surface area contributed by atoms with E-state index < -0.39 is 0 Å². The third-order valence-corrected chi connectivity index (χ3v) is 7.26. The molecular formula is C32H26N2O2S. The molecule has 0 saturated carbocycles. The van der Waals surface area contributed by atoms with Crippen molar-refractivity contribution in [2.45, 2.75) is 13.8 Å². The Morgan fingerprint density at radius 2 is 0.838 bits per heavy atom. The summed E-state index contributed by atoms with van der Waals surface area (Å²) in [6, 6.07) is 36.9. The molecule has 182 valence electrons. The molecular weight excluding hydrogens is 476 g/mol. The Morgan fingerprint density at radius 1 is 0.486 bits per heavy atom. The van der Waals surface area contributed by atoms with Crippen molar-refractivity contribution in [3.05, 3.63) is 109 Å². The van der Waals surface area contributed by atoms with E-state index in [4.69, 9.17) is 0 Å². The van der Waals surface area contributed by atoms with Crippen LogP contribution in [0, 0.1) is 0 Å². The highest BCUT2D eigenvalue weighted by Crippen LogP contribution is 2.52. The van der Waals surface area contributed by atoms with E-state index in [9.17, 15) is 9.59 Å². The van der Waals surface area contributed by atoms with Gasteiger partial charge in [0.05, 0.1) is 0 Å². The molecule has 1 heterocycles. The summed E-state index contributed by atoms with van der Waals surface area (Å²) in [5.74, 6) is -0.185. The average Bonchev–Trinajstić information content (AvgIpc) is 3.30. The highest BCUT2D eigenvalue weighted by molar-refractivity contribution is 7.20. The third kappa shape index (κ3) is 5.37. The minimum atomic E-state index is -0.0924. The Labute approximate surface area is 220 Å². The third-order valence-electron chi connectivity index (χ3n) is 5.97. The number of hydrogen-bond donors (Lipinski definition) is 2. The summed E-state index contributed by atoms with van der Waals surface area (Å²) >= 11 is 1.75. The SMILES string of the molecule is CC(=O)Nc1ccc(-c2sc(-c3ccc(NC(C)=O)cc3)c(-c3ccccc3)c2-c2ccccc2)cc1. The van der Waals surface area contributed by atoms with Gasteiger partial charge in [0.1, 0.15) is 0 Å². The van der Waals surface area contributed by atoms with Gasteiger partial charge in [-0.1, -0.05) is 84.9 Å². The van der Waals surface area contributed by atoms with Gasteiger partial charge in [-0.2, -0.15) is 0 Å². The maximum absolute atomic E-state index is 11.5. The van der Waals surface area contributed by atoms with Crippen molar-refractivity contribution in [2.75, 3.05) is 10.6 Å². The zero-order valence-corrected chi connectivity index (χ0v) is 21.4. The normalized spacial score (nSPS) is 10.6. The molecule has 1 aromatic heterocycles. The molecule has 2 N–H and O–H groups in total. The van der Waals surface area contributed by atoms with Crippen LogP contribution in [0.5, 0.6) is 0 Å². The van der Waals surface area contributed by atoms with Gasteiger partial charge in [0, 0.05) is 46.1 Å². The van der Waals surface area contributed by atoms with Gasteiger partial charge in [0.15, 0.2) is 0 Å². The molecule has 0 aliphatic heterocycles. The molecule has 0 spiro atoms. The molecule has 5 heteroatoms. The summed E-state index contributed by atoms with van der Waals surface area (Å²) in [5.41, 5.74) is 8.32. The van der Waals surface area contributed by atoms with Gasteiger partial charge in [-0.15, -0.1) is 11.3 Å². The molecule has 4 nitrogen and oxygen atoms in total. The number of rotatable bonds is 6. The van der Waals surface area contributed by atoms with Crippen molar-refractivity contribution >= 4 is 34.5 Å². The maximum atomic E-state index is 11.5. The lowest BCUT2D eigenvalue weighted by molar-refractivity contribution is -0.115. The van der Waals surface area contributed by atoms with Crippen LogP contribution in [0.1, 0.15) is 13.8 Å². The molecule has 5 aromatic rings. The van der Waals surface area contributed by atoms with Crippen molar-refractivity contribution in [3.63, 3.8) is 0 Å². The van der Waals surface area contributed by atoms with Crippen molar-refractivity contribution in [1.82, 2.24) is 0 Å². The zero-order chi connectivity index (χ0) is 25.8. The van der Waals surface area contributed by atoms with Gasteiger partial charge in [0.2, 0.25) is 11.8 Å². The van der Waals surface area contributed by atoms with Crippen LogP contribution in [-0.2, 0) is 9.59 Å². The van der Waals surface area contributed by atoms with Gasteiger partial charge in [0.25, 0.3) is 0 Å². The summed E-state index contributed by atoms with van der Waals surface area (Å²) in [4.78, 5) is 25.3. The highest BCUT2D eigenvalue weighted by Gasteiger charge is 2.23. The molecule has 5 rings (SSSR count). The van der Waals surface area contributed by atoms with E-state index >= 15 is 0 Å². The van der Waals surface area contributed by atoms with Crippen LogP contribution in [0.25, 0.3) is 43.1 Å². The number of benzene rings is 4. The fraction of sp³-hybridized carbons (Fsp3) is 0.0625. The van der Waals surface area contributed by atoms with Gasteiger partial charge < -0.3 is 10.6 Å². The molecule has 0 bridgehead atoms. The lowest BCUT2D eigenvalue weighted by Crippen LogP contribution is -2.05. The second-order valence-electron chi connectivity index (χ2n) is 8.76. The number of nitrogens with one attached hydrogen (secondary N) is 2. The lowest BCUT2D eigenvalue weighted by atomic mass is 9.91. The number of thiophene rings is 1. The topological polar surface area (TPSA) is 58.2 Å². The van der Waals surface area contributed by atoms with Crippen LogP contribution in [-0.4, -0.2) is 11.8 Å². The van der Waals surface area contributed by atoms with E-state index in [1.807, 2.05) is 36.4 Å². The molecule has 0 radical (unpaired) electrons. The number of carbonyl (C=O) groups excluding carboxylic acids is 2.